The summed E-state index contributed by atoms with van der Waals surface area (Å²) in [5.41, 5.74) is 3.15. The number of nitrogens with one attached hydrogen (secondary N) is 2. The summed E-state index contributed by atoms with van der Waals surface area (Å²) >= 11 is 0. The minimum atomic E-state index is -0.0739. The molecule has 11 nitrogen and oxygen atoms in total. The van der Waals surface area contributed by atoms with Crippen molar-refractivity contribution in [3.63, 3.8) is 0 Å². The van der Waals surface area contributed by atoms with Gasteiger partial charge >= 0.3 is 0 Å². The molecule has 11 heteroatoms. The molecule has 3 heterocycles. The Morgan fingerprint density at radius 1 is 1.12 bits per heavy atom. The molecule has 0 aliphatic carbocycles. The lowest BCUT2D eigenvalue weighted by atomic mass is 10.2. The van der Waals surface area contributed by atoms with E-state index in [0.717, 1.165) is 54.9 Å². The number of hydrogen-bond acceptors (Lipinski definition) is 9. The van der Waals surface area contributed by atoms with E-state index in [0.29, 0.717) is 41.9 Å². The summed E-state index contributed by atoms with van der Waals surface area (Å²) < 4.78 is 19.6. The van der Waals surface area contributed by atoms with Crippen LogP contribution < -0.4 is 25.0 Å². The van der Waals surface area contributed by atoms with E-state index < -0.39 is 0 Å². The molecule has 1 aliphatic rings. The number of methoxy groups -OCH3 is 1. The van der Waals surface area contributed by atoms with E-state index in [9.17, 15) is 4.79 Å². The number of hydrogen-bond donors (Lipinski definition) is 2. The molecule has 43 heavy (non-hydrogen) atoms. The molecule has 1 fully saturated rings. The van der Waals surface area contributed by atoms with Crippen LogP contribution in [0, 0.1) is 0 Å². The summed E-state index contributed by atoms with van der Waals surface area (Å²) in [7, 11) is 7.69. The monoisotopic (exact) mass is 587 g/mol. The lowest BCUT2D eigenvalue weighted by molar-refractivity contribution is -0.115. The molecule has 228 valence electrons. The van der Waals surface area contributed by atoms with Crippen molar-refractivity contribution in [1.29, 1.82) is 0 Å². The number of likely N-dealkylation sites (N-methyl/N-ethyl adjacent to an activating group) is 2. The molecule has 1 amide bonds. The van der Waals surface area contributed by atoms with Crippen LogP contribution in [0.3, 0.4) is 0 Å². The minimum absolute atomic E-state index is 0.0739. The van der Waals surface area contributed by atoms with Gasteiger partial charge in [-0.3, -0.25) is 4.79 Å². The van der Waals surface area contributed by atoms with E-state index in [4.69, 9.17) is 19.2 Å². The SMILES string of the molecule is CCC(=O)Nc1cc(Nc2nccc(-n3ccc4c(OCC5CCCO5)cccc43)n2)c(OC)cc1N(C)CCN(C)C. The minimum Gasteiger partial charge on any atom is -0.494 e. The van der Waals surface area contributed by atoms with E-state index in [1.165, 1.54) is 0 Å². The van der Waals surface area contributed by atoms with Crippen molar-refractivity contribution >= 4 is 39.8 Å². The van der Waals surface area contributed by atoms with Crippen molar-refractivity contribution in [3.8, 4) is 17.3 Å². The molecule has 5 rings (SSSR count). The summed E-state index contributed by atoms with van der Waals surface area (Å²) in [6, 6.07) is 13.7. The molecule has 1 saturated heterocycles. The van der Waals surface area contributed by atoms with Gasteiger partial charge in [-0.05, 0) is 57.3 Å². The van der Waals surface area contributed by atoms with Crippen LogP contribution in [0.25, 0.3) is 16.7 Å². The van der Waals surface area contributed by atoms with Crippen LogP contribution >= 0.6 is 0 Å². The molecule has 0 saturated carbocycles. The highest BCUT2D eigenvalue weighted by molar-refractivity contribution is 5.96. The Bertz CT molecular complexity index is 1550. The smallest absolute Gasteiger partial charge is 0.229 e. The lowest BCUT2D eigenvalue weighted by Gasteiger charge is -2.26. The largest absolute Gasteiger partial charge is 0.494 e. The van der Waals surface area contributed by atoms with E-state index in [1.807, 2.05) is 81.3 Å². The fourth-order valence-electron chi connectivity index (χ4n) is 5.05. The Morgan fingerprint density at radius 2 is 1.98 bits per heavy atom. The maximum absolute atomic E-state index is 12.4. The van der Waals surface area contributed by atoms with Crippen molar-refractivity contribution < 1.29 is 19.0 Å². The molecule has 0 spiro atoms. The highest BCUT2D eigenvalue weighted by Gasteiger charge is 2.19. The molecule has 0 radical (unpaired) electrons. The number of benzene rings is 2. The maximum Gasteiger partial charge on any atom is 0.229 e. The van der Waals surface area contributed by atoms with Crippen molar-refractivity contribution in [2.24, 2.45) is 0 Å². The Labute approximate surface area is 252 Å². The van der Waals surface area contributed by atoms with Gasteiger partial charge in [0.1, 0.15) is 23.9 Å². The second-order valence-electron chi connectivity index (χ2n) is 10.9. The molecule has 0 bridgehead atoms. The van der Waals surface area contributed by atoms with Crippen LogP contribution in [0.4, 0.5) is 23.0 Å². The van der Waals surface area contributed by atoms with Crippen LogP contribution in [0.5, 0.6) is 11.5 Å². The number of anilines is 4. The van der Waals surface area contributed by atoms with Crippen LogP contribution in [0.15, 0.2) is 54.9 Å². The summed E-state index contributed by atoms with van der Waals surface area (Å²) in [5, 5.41) is 7.35. The van der Waals surface area contributed by atoms with Gasteiger partial charge in [-0.25, -0.2) is 4.98 Å². The van der Waals surface area contributed by atoms with Gasteiger partial charge in [-0.2, -0.15) is 4.98 Å². The first kappa shape index (κ1) is 30.1. The van der Waals surface area contributed by atoms with Crippen molar-refractivity contribution in [2.45, 2.75) is 32.3 Å². The molecule has 1 unspecified atom stereocenters. The number of amides is 1. The molecular weight excluding hydrogens is 546 g/mol. The first-order chi connectivity index (χ1) is 20.9. The third-order valence-electron chi connectivity index (χ3n) is 7.48. The molecule has 2 N–H and O–H groups in total. The quantitative estimate of drug-likeness (QED) is 0.222. The zero-order chi connectivity index (χ0) is 30.3. The standard InChI is InChI=1S/C32H41N7O4/c1-6-31(40)34-24-19-25(29(41-5)20-27(24)38(4)17-16-37(2)3)35-32-33-14-12-30(36-32)39-15-13-23-26(39)10-7-11-28(23)43-21-22-9-8-18-42-22/h7,10-15,19-20,22H,6,8-9,16-18,21H2,1-5H3,(H,34,40)(H,33,35,36). The Hall–Kier alpha value is -4.35. The van der Waals surface area contributed by atoms with Gasteiger partial charge in [0, 0.05) is 57.0 Å². The average molecular weight is 588 g/mol. The number of ether oxygens (including phenoxy) is 3. The van der Waals surface area contributed by atoms with Gasteiger partial charge in [0.2, 0.25) is 11.9 Å². The number of aromatic nitrogens is 3. The first-order valence-electron chi connectivity index (χ1n) is 14.7. The topological polar surface area (TPSA) is 106 Å². The van der Waals surface area contributed by atoms with Crippen LogP contribution in [0.2, 0.25) is 0 Å². The van der Waals surface area contributed by atoms with Crippen molar-refractivity contribution in [1.82, 2.24) is 19.4 Å². The van der Waals surface area contributed by atoms with Gasteiger partial charge < -0.3 is 39.2 Å². The second-order valence-corrected chi connectivity index (χ2v) is 10.9. The molecule has 1 aliphatic heterocycles. The van der Waals surface area contributed by atoms with Crippen molar-refractivity contribution in [2.75, 3.05) is 70.1 Å². The fourth-order valence-corrected chi connectivity index (χ4v) is 5.05. The summed E-state index contributed by atoms with van der Waals surface area (Å²) in [6.07, 6.45) is 6.31. The maximum atomic E-state index is 12.4. The normalized spacial score (nSPS) is 14.7. The molecule has 4 aromatic rings. The third-order valence-corrected chi connectivity index (χ3v) is 7.48. The van der Waals surface area contributed by atoms with Gasteiger partial charge in [0.05, 0.1) is 35.8 Å². The van der Waals surface area contributed by atoms with Gasteiger partial charge in [0.25, 0.3) is 0 Å². The zero-order valence-corrected chi connectivity index (χ0v) is 25.6. The summed E-state index contributed by atoms with van der Waals surface area (Å²) in [4.78, 5) is 25.9. The summed E-state index contributed by atoms with van der Waals surface area (Å²) in [6.45, 7) is 4.80. The fraction of sp³-hybridized carbons (Fsp3) is 0.406. The van der Waals surface area contributed by atoms with E-state index in [2.05, 4.69) is 25.4 Å². The van der Waals surface area contributed by atoms with Crippen LogP contribution in [-0.4, -0.2) is 86.0 Å². The highest BCUT2D eigenvalue weighted by atomic mass is 16.5. The molecule has 2 aromatic heterocycles. The number of rotatable bonds is 13. The van der Waals surface area contributed by atoms with Crippen LogP contribution in [0.1, 0.15) is 26.2 Å². The van der Waals surface area contributed by atoms with Gasteiger partial charge in [-0.1, -0.05) is 13.0 Å². The predicted molar refractivity (Wildman–Crippen MR) is 170 cm³/mol. The molecule has 2 aromatic carbocycles. The first-order valence-corrected chi connectivity index (χ1v) is 14.7. The number of carbonyl (C=O) groups excluding carboxylic acids is 1. The van der Waals surface area contributed by atoms with Crippen molar-refractivity contribution in [3.05, 3.63) is 54.9 Å². The zero-order valence-electron chi connectivity index (χ0n) is 25.6. The Morgan fingerprint density at radius 3 is 2.72 bits per heavy atom. The van der Waals surface area contributed by atoms with E-state index >= 15 is 0 Å². The lowest BCUT2D eigenvalue weighted by Crippen LogP contribution is -2.29. The number of carbonyl (C=O) groups is 1. The van der Waals surface area contributed by atoms with Gasteiger partial charge in [-0.15, -0.1) is 0 Å². The predicted octanol–water partition coefficient (Wildman–Crippen LogP) is 5.08. The van der Waals surface area contributed by atoms with Gasteiger partial charge in [0.15, 0.2) is 0 Å². The van der Waals surface area contributed by atoms with Crippen LogP contribution in [-0.2, 0) is 9.53 Å². The molecule has 1 atom stereocenters. The Balaban J connectivity index is 1.42. The molecular formula is C32H41N7O4. The third kappa shape index (κ3) is 7.18. The second kappa shape index (κ2) is 13.7. The Kier molecular flexibility index (Phi) is 9.63. The number of fused-ring (bicyclic) bond motifs is 1. The average Bonchev–Trinajstić information content (AvgIpc) is 3.69. The highest BCUT2D eigenvalue weighted by Crippen LogP contribution is 2.38. The van der Waals surface area contributed by atoms with E-state index in [1.54, 1.807) is 13.3 Å². The number of nitrogens with zero attached hydrogens (tertiary/aromatic N) is 5. The van der Waals surface area contributed by atoms with E-state index in [-0.39, 0.29) is 12.0 Å². The summed E-state index contributed by atoms with van der Waals surface area (Å²) in [5.74, 6) is 2.44.